The van der Waals surface area contributed by atoms with Gasteiger partial charge in [0.2, 0.25) is 0 Å². The minimum Gasteiger partial charge on any atom is -0.106 e. The maximum absolute atomic E-state index is 3.79. The summed E-state index contributed by atoms with van der Waals surface area (Å²) < 4.78 is 0. The molecule has 0 radical (unpaired) electrons. The van der Waals surface area contributed by atoms with Crippen LogP contribution < -0.4 is 0 Å². The lowest BCUT2D eigenvalue weighted by molar-refractivity contribution is 0.171. The molecule has 2 fully saturated rings. The number of unbranched alkanes of at least 4 members (excludes halogenated alkanes) is 2. The van der Waals surface area contributed by atoms with Crippen molar-refractivity contribution in [2.75, 3.05) is 0 Å². The van der Waals surface area contributed by atoms with Gasteiger partial charge in [0.05, 0.1) is 0 Å². The first-order valence-electron chi connectivity index (χ1n) is 13.5. The molecular weight excluding hydrogens is 360 g/mol. The Labute approximate surface area is 194 Å². The Morgan fingerprint density at radius 1 is 0.767 bits per heavy atom. The number of allylic oxidation sites excluding steroid dienone is 1. The second-order valence-electron chi connectivity index (χ2n) is 9.77. The molecule has 0 unspecified atom stereocenters. The zero-order chi connectivity index (χ0) is 23.8. The zero-order valence-corrected chi connectivity index (χ0v) is 22.9. The van der Waals surface area contributed by atoms with E-state index in [-0.39, 0.29) is 0 Å². The predicted molar refractivity (Wildman–Crippen MR) is 144 cm³/mol. The molecule has 0 amide bonds. The summed E-state index contributed by atoms with van der Waals surface area (Å²) in [6.07, 6.45) is 21.6. The van der Waals surface area contributed by atoms with Gasteiger partial charge in [0.15, 0.2) is 0 Å². The quantitative estimate of drug-likeness (QED) is 0.358. The lowest BCUT2D eigenvalue weighted by Crippen LogP contribution is -2.22. The van der Waals surface area contributed by atoms with Crippen molar-refractivity contribution in [2.24, 2.45) is 17.3 Å². The van der Waals surface area contributed by atoms with E-state index in [1.165, 1.54) is 76.2 Å². The van der Waals surface area contributed by atoms with Crippen molar-refractivity contribution in [1.29, 1.82) is 0 Å². The molecule has 0 aromatic rings. The standard InChI is InChI=1S/C10H18.C9H20.C7H14.C2H6.C2H4/c1-2-6-10-8-4-3-7-9(10)5-1;1-5-7-8-9(3,4)6-2;1-4-5-6-7(2)3;2*1-2/h9-10H,1-8H2;5-8H2,1-4H3;2,4-6H2,1,3H3;1-2H3;1-2H2. The summed E-state index contributed by atoms with van der Waals surface area (Å²) >= 11 is 0. The van der Waals surface area contributed by atoms with Crippen LogP contribution in [0.25, 0.3) is 0 Å². The van der Waals surface area contributed by atoms with Crippen LogP contribution in [0.1, 0.15) is 152 Å². The van der Waals surface area contributed by atoms with Gasteiger partial charge in [-0.1, -0.05) is 131 Å². The highest BCUT2D eigenvalue weighted by Crippen LogP contribution is 2.40. The Hall–Kier alpha value is -0.520. The number of hydrogen-bond acceptors (Lipinski definition) is 0. The summed E-state index contributed by atoms with van der Waals surface area (Å²) in [6, 6.07) is 0. The van der Waals surface area contributed by atoms with Crippen molar-refractivity contribution in [3.8, 4) is 0 Å². The van der Waals surface area contributed by atoms with Crippen LogP contribution in [-0.2, 0) is 0 Å². The molecule has 0 N–H and O–H groups in total. The minimum absolute atomic E-state index is 0.593. The van der Waals surface area contributed by atoms with E-state index in [4.69, 9.17) is 0 Å². The first kappa shape index (κ1) is 34.1. The summed E-state index contributed by atoms with van der Waals surface area (Å²) in [6.45, 7) is 27.3. The lowest BCUT2D eigenvalue weighted by Gasteiger charge is -2.35. The molecule has 2 aliphatic carbocycles. The van der Waals surface area contributed by atoms with Gasteiger partial charge in [0.1, 0.15) is 0 Å². The highest BCUT2D eigenvalue weighted by molar-refractivity contribution is 4.86. The minimum atomic E-state index is 0.593. The Kier molecular flexibility index (Phi) is 28.1. The molecule has 30 heavy (non-hydrogen) atoms. The molecule has 0 aliphatic heterocycles. The van der Waals surface area contributed by atoms with Gasteiger partial charge in [-0.3, -0.25) is 0 Å². The maximum Gasteiger partial charge on any atom is -0.0326 e. The van der Waals surface area contributed by atoms with Crippen LogP contribution in [-0.4, -0.2) is 0 Å². The summed E-state index contributed by atoms with van der Waals surface area (Å²) in [5.41, 5.74) is 1.90. The number of fused-ring (bicyclic) bond motifs is 1. The molecule has 0 atom stereocenters. The van der Waals surface area contributed by atoms with Gasteiger partial charge in [-0.15, -0.1) is 19.7 Å². The van der Waals surface area contributed by atoms with E-state index >= 15 is 0 Å². The third-order valence-electron chi connectivity index (χ3n) is 6.59. The zero-order valence-electron chi connectivity index (χ0n) is 22.9. The highest BCUT2D eigenvalue weighted by Gasteiger charge is 2.26. The van der Waals surface area contributed by atoms with Crippen molar-refractivity contribution < 1.29 is 0 Å². The largest absolute Gasteiger partial charge is 0.106 e. The molecule has 0 bridgehead atoms. The van der Waals surface area contributed by atoms with Gasteiger partial charge in [0.25, 0.3) is 0 Å². The molecule has 0 saturated heterocycles. The van der Waals surface area contributed by atoms with E-state index < -0.39 is 0 Å². The third-order valence-corrected chi connectivity index (χ3v) is 6.59. The van der Waals surface area contributed by atoms with Crippen molar-refractivity contribution in [3.63, 3.8) is 0 Å². The monoisotopic (exact) mass is 422 g/mol. The van der Waals surface area contributed by atoms with Crippen LogP contribution in [0.15, 0.2) is 25.3 Å². The molecule has 0 nitrogen and oxygen atoms in total. The average molecular weight is 423 g/mol. The van der Waals surface area contributed by atoms with Crippen molar-refractivity contribution >= 4 is 0 Å². The van der Waals surface area contributed by atoms with Crippen LogP contribution in [0.2, 0.25) is 0 Å². The van der Waals surface area contributed by atoms with Crippen LogP contribution in [0.5, 0.6) is 0 Å². The van der Waals surface area contributed by atoms with Gasteiger partial charge in [0, 0.05) is 0 Å². The summed E-state index contributed by atoms with van der Waals surface area (Å²) in [5.74, 6) is 2.31. The van der Waals surface area contributed by atoms with Crippen LogP contribution >= 0.6 is 0 Å². The van der Waals surface area contributed by atoms with Gasteiger partial charge in [-0.2, -0.15) is 0 Å². The molecule has 2 saturated carbocycles. The first-order chi connectivity index (χ1) is 14.4. The molecule has 0 aromatic heterocycles. The summed E-state index contributed by atoms with van der Waals surface area (Å²) in [7, 11) is 0. The van der Waals surface area contributed by atoms with Gasteiger partial charge < -0.3 is 0 Å². The van der Waals surface area contributed by atoms with Crippen LogP contribution in [0, 0.1) is 17.3 Å². The first-order valence-corrected chi connectivity index (χ1v) is 13.5. The molecule has 0 spiro atoms. The van der Waals surface area contributed by atoms with E-state index in [1.54, 1.807) is 25.7 Å². The maximum atomic E-state index is 3.79. The number of rotatable bonds is 7. The second-order valence-corrected chi connectivity index (χ2v) is 9.77. The Balaban J connectivity index is -0.000000341. The Bertz CT molecular complexity index is 312. The highest BCUT2D eigenvalue weighted by atomic mass is 14.3. The van der Waals surface area contributed by atoms with E-state index in [0.717, 1.165) is 11.8 Å². The molecule has 182 valence electrons. The summed E-state index contributed by atoms with van der Waals surface area (Å²) in [4.78, 5) is 0. The average Bonchev–Trinajstić information content (AvgIpc) is 2.80. The summed E-state index contributed by atoms with van der Waals surface area (Å²) in [5, 5.41) is 0. The van der Waals surface area contributed by atoms with Crippen LogP contribution in [0.3, 0.4) is 0 Å². The topological polar surface area (TPSA) is 0 Å². The van der Waals surface area contributed by atoms with Crippen molar-refractivity contribution in [3.05, 3.63) is 25.3 Å². The molecule has 0 aromatic carbocycles. The molecule has 2 aliphatic rings. The Morgan fingerprint density at radius 3 is 1.37 bits per heavy atom. The second kappa shape index (κ2) is 24.7. The molecule has 2 rings (SSSR count). The van der Waals surface area contributed by atoms with E-state index in [9.17, 15) is 0 Å². The predicted octanol–water partition coefficient (Wildman–Crippen LogP) is 11.6. The third kappa shape index (κ3) is 22.2. The van der Waals surface area contributed by atoms with Gasteiger partial charge in [-0.25, -0.2) is 0 Å². The van der Waals surface area contributed by atoms with Gasteiger partial charge >= 0.3 is 0 Å². The normalized spacial score (nSPS) is 19.6. The molecule has 0 heteroatoms. The SMILES string of the molecule is C1CCC2CCCCC2C1.C=C.C=C(C)CCCC.CC.CCCCC(C)(C)CC. The van der Waals surface area contributed by atoms with Crippen molar-refractivity contribution in [2.45, 2.75) is 152 Å². The number of hydrogen-bond donors (Lipinski definition) is 0. The fraction of sp³-hybridized carbons (Fsp3) is 0.867. The molecular formula is C30H62. The Morgan fingerprint density at radius 2 is 1.13 bits per heavy atom. The van der Waals surface area contributed by atoms with E-state index in [1.807, 2.05) is 13.8 Å². The van der Waals surface area contributed by atoms with E-state index in [2.05, 4.69) is 61.3 Å². The fourth-order valence-electron chi connectivity index (χ4n) is 4.17. The van der Waals surface area contributed by atoms with Gasteiger partial charge in [-0.05, 0) is 43.4 Å². The van der Waals surface area contributed by atoms with E-state index in [0.29, 0.717) is 5.41 Å². The molecule has 0 heterocycles. The smallest absolute Gasteiger partial charge is 0.0326 e. The lowest BCUT2D eigenvalue weighted by atomic mass is 9.71. The van der Waals surface area contributed by atoms with Crippen LogP contribution in [0.4, 0.5) is 0 Å². The van der Waals surface area contributed by atoms with Crippen molar-refractivity contribution in [1.82, 2.24) is 0 Å². The fourth-order valence-corrected chi connectivity index (χ4v) is 4.17.